The fraction of sp³-hybridized carbons (Fsp3) is 1.00. The quantitative estimate of drug-likeness (QED) is 0.166. The molecule has 0 heterocycles. The monoisotopic (exact) mass is 418 g/mol. The summed E-state index contributed by atoms with van der Waals surface area (Å²) in [6.07, 6.45) is -1.77. The lowest BCUT2D eigenvalue weighted by molar-refractivity contribution is -0.914. The van der Waals surface area contributed by atoms with Gasteiger partial charge in [-0.1, -0.05) is 0 Å². The van der Waals surface area contributed by atoms with Crippen LogP contribution in [0.2, 0.25) is 0 Å². The first kappa shape index (κ1) is 28.8. The van der Waals surface area contributed by atoms with E-state index in [0.717, 1.165) is 13.7 Å². The zero-order valence-electron chi connectivity index (χ0n) is 17.3. The van der Waals surface area contributed by atoms with Gasteiger partial charge >= 0.3 is 0 Å². The summed E-state index contributed by atoms with van der Waals surface area (Å²) in [5, 5.41) is 38.4. The van der Waals surface area contributed by atoms with Crippen molar-refractivity contribution in [3.05, 3.63) is 0 Å². The molecular formula is C16H38N2O8S. The van der Waals surface area contributed by atoms with Crippen LogP contribution in [0.3, 0.4) is 0 Å². The van der Waals surface area contributed by atoms with Gasteiger partial charge in [-0.2, -0.15) is 0 Å². The Bertz CT molecular complexity index is 449. The molecule has 0 radical (unpaired) electrons. The Morgan fingerprint density at radius 1 is 0.926 bits per heavy atom. The molecule has 0 aromatic carbocycles. The smallest absolute Gasteiger partial charge is 0.217 e. The standard InChI is InChI=1S/C15H35N2O4.CH4O4S/c1-12(18)8-16(9-13(2)19)6-7-17(5,10-14(3)20)11-15(4)21;1-5-6(2,3)4/h12-15,18-21H,6-11H2,1-5H3;1H3,(H,2,3,4)/q+1;/p-1. The predicted molar refractivity (Wildman–Crippen MR) is 101 cm³/mol. The Morgan fingerprint density at radius 2 is 1.26 bits per heavy atom. The second-order valence-corrected chi connectivity index (χ2v) is 8.59. The number of aliphatic hydroxyl groups excluding tert-OH is 4. The number of likely N-dealkylation sites (N-methyl/N-ethyl adjacent to an activating group) is 1. The normalized spacial score (nSPS) is 18.8. The van der Waals surface area contributed by atoms with Crippen LogP contribution in [0.25, 0.3) is 0 Å². The zero-order valence-corrected chi connectivity index (χ0v) is 18.1. The molecule has 4 unspecified atom stereocenters. The Labute approximate surface area is 163 Å². The molecule has 0 bridgehead atoms. The van der Waals surface area contributed by atoms with Gasteiger partial charge in [-0.3, -0.25) is 9.08 Å². The molecule has 166 valence electrons. The molecule has 10 nitrogen and oxygen atoms in total. The Hall–Kier alpha value is -0.370. The average molecular weight is 419 g/mol. The van der Waals surface area contributed by atoms with E-state index in [0.29, 0.717) is 37.2 Å². The number of rotatable bonds is 12. The molecule has 4 N–H and O–H groups in total. The van der Waals surface area contributed by atoms with Crippen molar-refractivity contribution < 1.29 is 42.1 Å². The van der Waals surface area contributed by atoms with Crippen molar-refractivity contribution in [2.45, 2.75) is 52.1 Å². The van der Waals surface area contributed by atoms with Crippen molar-refractivity contribution >= 4 is 10.4 Å². The first-order valence-corrected chi connectivity index (χ1v) is 10.2. The topological polar surface area (TPSA) is 151 Å². The van der Waals surface area contributed by atoms with E-state index in [1.54, 1.807) is 27.7 Å². The molecule has 4 atom stereocenters. The van der Waals surface area contributed by atoms with E-state index in [9.17, 15) is 33.4 Å². The van der Waals surface area contributed by atoms with Gasteiger partial charge in [0.25, 0.3) is 0 Å². The Kier molecular flexibility index (Phi) is 14.7. The van der Waals surface area contributed by atoms with Crippen molar-refractivity contribution in [1.82, 2.24) is 4.90 Å². The van der Waals surface area contributed by atoms with Crippen molar-refractivity contribution in [2.75, 3.05) is 53.4 Å². The number of nitrogens with zero attached hydrogens (tertiary/aromatic N) is 2. The van der Waals surface area contributed by atoms with Crippen LogP contribution in [-0.2, 0) is 14.6 Å². The molecule has 0 spiro atoms. The summed E-state index contributed by atoms with van der Waals surface area (Å²) in [6, 6.07) is 0. The minimum absolute atomic E-state index is 0.435. The Balaban J connectivity index is 0. The van der Waals surface area contributed by atoms with E-state index >= 15 is 0 Å². The largest absolute Gasteiger partial charge is 0.726 e. The summed E-state index contributed by atoms with van der Waals surface area (Å²) in [7, 11) is -1.59. The van der Waals surface area contributed by atoms with Gasteiger partial charge < -0.3 is 29.5 Å². The number of quaternary nitrogens is 1. The summed E-state index contributed by atoms with van der Waals surface area (Å²) < 4.78 is 31.6. The third-order valence-electron chi connectivity index (χ3n) is 3.62. The summed E-state index contributed by atoms with van der Waals surface area (Å²) >= 11 is 0. The van der Waals surface area contributed by atoms with Gasteiger partial charge in [0.2, 0.25) is 10.4 Å². The molecule has 0 aromatic heterocycles. The summed E-state index contributed by atoms with van der Waals surface area (Å²) in [5.74, 6) is 0. The second-order valence-electron chi connectivity index (χ2n) is 7.44. The minimum atomic E-state index is -4.41. The maximum atomic E-state index is 9.67. The zero-order chi connectivity index (χ0) is 21.8. The highest BCUT2D eigenvalue weighted by Crippen LogP contribution is 2.08. The maximum absolute atomic E-state index is 9.67. The molecule has 0 aliphatic rings. The minimum Gasteiger partial charge on any atom is -0.726 e. The van der Waals surface area contributed by atoms with Crippen LogP contribution in [-0.4, -0.2) is 121 Å². The summed E-state index contributed by atoms with van der Waals surface area (Å²) in [5.41, 5.74) is 0. The van der Waals surface area contributed by atoms with E-state index in [2.05, 4.69) is 4.18 Å². The molecular weight excluding hydrogens is 380 g/mol. The van der Waals surface area contributed by atoms with Gasteiger partial charge in [0.1, 0.15) is 25.3 Å². The highest BCUT2D eigenvalue weighted by Gasteiger charge is 2.27. The molecule has 0 rings (SSSR count). The lowest BCUT2D eigenvalue weighted by Crippen LogP contribution is -2.55. The van der Waals surface area contributed by atoms with Crippen molar-refractivity contribution in [3.8, 4) is 0 Å². The summed E-state index contributed by atoms with van der Waals surface area (Å²) in [6.45, 7) is 10.6. The van der Waals surface area contributed by atoms with E-state index < -0.39 is 34.8 Å². The van der Waals surface area contributed by atoms with Crippen molar-refractivity contribution in [3.63, 3.8) is 0 Å². The molecule has 0 aliphatic carbocycles. The maximum Gasteiger partial charge on any atom is 0.217 e. The van der Waals surface area contributed by atoms with Crippen LogP contribution in [0.5, 0.6) is 0 Å². The van der Waals surface area contributed by atoms with Gasteiger partial charge in [-0.15, -0.1) is 0 Å². The highest BCUT2D eigenvalue weighted by molar-refractivity contribution is 7.80. The number of hydrogen-bond donors (Lipinski definition) is 4. The van der Waals surface area contributed by atoms with Gasteiger partial charge in [-0.25, -0.2) is 8.42 Å². The van der Waals surface area contributed by atoms with E-state index in [-0.39, 0.29) is 0 Å². The first-order chi connectivity index (χ1) is 12.1. The predicted octanol–water partition coefficient (Wildman–Crippen LogP) is -1.65. The molecule has 0 aliphatic heterocycles. The number of aliphatic hydroxyl groups is 4. The van der Waals surface area contributed by atoms with Gasteiger partial charge in [0.15, 0.2) is 0 Å². The van der Waals surface area contributed by atoms with Crippen LogP contribution < -0.4 is 0 Å². The highest BCUT2D eigenvalue weighted by atomic mass is 32.3. The van der Waals surface area contributed by atoms with Gasteiger partial charge in [0.05, 0.1) is 32.9 Å². The molecule has 0 amide bonds. The van der Waals surface area contributed by atoms with Crippen LogP contribution in [0.15, 0.2) is 0 Å². The fourth-order valence-electron chi connectivity index (χ4n) is 2.92. The third-order valence-corrected chi connectivity index (χ3v) is 4.02. The van der Waals surface area contributed by atoms with Crippen molar-refractivity contribution in [1.29, 1.82) is 0 Å². The van der Waals surface area contributed by atoms with Crippen molar-refractivity contribution in [2.24, 2.45) is 0 Å². The second kappa shape index (κ2) is 13.7. The van der Waals surface area contributed by atoms with Gasteiger partial charge in [-0.05, 0) is 27.7 Å². The fourth-order valence-corrected chi connectivity index (χ4v) is 2.92. The summed E-state index contributed by atoms with van der Waals surface area (Å²) in [4.78, 5) is 2.02. The SMILES string of the molecule is CC(O)CN(CC[N+](C)(CC(C)O)CC(C)O)CC(C)O.COS(=O)(=O)[O-]. The average Bonchev–Trinajstić information content (AvgIpc) is 2.41. The van der Waals surface area contributed by atoms with Crippen LogP contribution in [0.4, 0.5) is 0 Å². The Morgan fingerprint density at radius 3 is 1.48 bits per heavy atom. The molecule has 0 saturated heterocycles. The molecule has 0 aromatic rings. The van der Waals surface area contributed by atoms with Crippen LogP contribution in [0.1, 0.15) is 27.7 Å². The van der Waals surface area contributed by atoms with E-state index in [1.165, 1.54) is 0 Å². The van der Waals surface area contributed by atoms with Crippen LogP contribution >= 0.6 is 0 Å². The molecule has 0 saturated carbocycles. The molecule has 27 heavy (non-hydrogen) atoms. The lowest BCUT2D eigenvalue weighted by Gasteiger charge is -2.38. The lowest BCUT2D eigenvalue weighted by atomic mass is 10.2. The third kappa shape index (κ3) is 20.2. The number of hydrogen-bond acceptors (Lipinski definition) is 9. The first-order valence-electron chi connectivity index (χ1n) is 8.89. The van der Waals surface area contributed by atoms with Gasteiger partial charge in [0, 0.05) is 19.6 Å². The van der Waals surface area contributed by atoms with E-state index in [4.69, 9.17) is 0 Å². The molecule has 0 fully saturated rings. The van der Waals surface area contributed by atoms with Crippen LogP contribution in [0, 0.1) is 0 Å². The molecule has 11 heteroatoms. The van der Waals surface area contributed by atoms with E-state index in [1.807, 2.05) is 11.9 Å².